The molecule has 0 radical (unpaired) electrons. The van der Waals surface area contributed by atoms with E-state index in [1.807, 2.05) is 0 Å². The summed E-state index contributed by atoms with van der Waals surface area (Å²) in [7, 11) is 0. The predicted molar refractivity (Wildman–Crippen MR) is 53.3 cm³/mol. The standard InChI is InChI=1S/C11H17N/c1-7-5-8(2)10(4)11(6-12)9(7)3/h5H,6,12H2,1-4H3. The number of rotatable bonds is 1. The van der Waals surface area contributed by atoms with Gasteiger partial charge in [-0.15, -0.1) is 0 Å². The maximum Gasteiger partial charge on any atom is 0.0183 e. The van der Waals surface area contributed by atoms with E-state index in [2.05, 4.69) is 33.8 Å². The number of aryl methyl sites for hydroxylation is 2. The van der Waals surface area contributed by atoms with Crippen LogP contribution in [0.2, 0.25) is 0 Å². The Labute approximate surface area is 74.6 Å². The SMILES string of the molecule is Cc1cc(C)c(C)c(CN)c1C. The van der Waals surface area contributed by atoms with Gasteiger partial charge in [0, 0.05) is 6.54 Å². The molecule has 2 N–H and O–H groups in total. The molecule has 1 nitrogen and oxygen atoms in total. The summed E-state index contributed by atoms with van der Waals surface area (Å²) in [5, 5.41) is 0. The van der Waals surface area contributed by atoms with Gasteiger partial charge < -0.3 is 5.73 Å². The van der Waals surface area contributed by atoms with Gasteiger partial charge in [-0.05, 0) is 55.5 Å². The van der Waals surface area contributed by atoms with Gasteiger partial charge in [0.15, 0.2) is 0 Å². The van der Waals surface area contributed by atoms with E-state index in [-0.39, 0.29) is 0 Å². The normalized spacial score (nSPS) is 10.4. The van der Waals surface area contributed by atoms with E-state index in [0.29, 0.717) is 6.54 Å². The van der Waals surface area contributed by atoms with E-state index in [1.54, 1.807) is 0 Å². The molecule has 1 rings (SSSR count). The van der Waals surface area contributed by atoms with Gasteiger partial charge in [-0.3, -0.25) is 0 Å². The van der Waals surface area contributed by atoms with Crippen molar-refractivity contribution in [3.05, 3.63) is 33.9 Å². The minimum absolute atomic E-state index is 0.653. The fourth-order valence-electron chi connectivity index (χ4n) is 1.60. The van der Waals surface area contributed by atoms with Crippen molar-refractivity contribution in [2.45, 2.75) is 34.2 Å². The molecule has 12 heavy (non-hydrogen) atoms. The van der Waals surface area contributed by atoms with Crippen LogP contribution in [0, 0.1) is 27.7 Å². The van der Waals surface area contributed by atoms with Crippen molar-refractivity contribution in [3.63, 3.8) is 0 Å². The zero-order valence-corrected chi connectivity index (χ0v) is 8.36. The van der Waals surface area contributed by atoms with Gasteiger partial charge in [-0.1, -0.05) is 6.07 Å². The summed E-state index contributed by atoms with van der Waals surface area (Å²) in [5.74, 6) is 0. The molecular formula is C11H17N. The van der Waals surface area contributed by atoms with Crippen LogP contribution in [0.15, 0.2) is 6.07 Å². The van der Waals surface area contributed by atoms with E-state index in [9.17, 15) is 0 Å². The lowest BCUT2D eigenvalue weighted by Gasteiger charge is -2.13. The van der Waals surface area contributed by atoms with Crippen molar-refractivity contribution in [2.24, 2.45) is 5.73 Å². The monoisotopic (exact) mass is 163 g/mol. The summed E-state index contributed by atoms with van der Waals surface area (Å²) < 4.78 is 0. The van der Waals surface area contributed by atoms with Crippen molar-refractivity contribution in [3.8, 4) is 0 Å². The van der Waals surface area contributed by atoms with Crippen molar-refractivity contribution in [1.29, 1.82) is 0 Å². The molecule has 0 bridgehead atoms. The highest BCUT2D eigenvalue weighted by Crippen LogP contribution is 2.20. The van der Waals surface area contributed by atoms with E-state index in [1.165, 1.54) is 27.8 Å². The molecule has 0 amide bonds. The number of hydrogen-bond acceptors (Lipinski definition) is 1. The Morgan fingerprint density at radius 3 is 1.75 bits per heavy atom. The molecule has 0 heterocycles. The minimum Gasteiger partial charge on any atom is -0.326 e. The van der Waals surface area contributed by atoms with Crippen LogP contribution in [0.4, 0.5) is 0 Å². The smallest absolute Gasteiger partial charge is 0.0183 e. The molecule has 0 spiro atoms. The number of benzene rings is 1. The first kappa shape index (κ1) is 9.27. The Hall–Kier alpha value is -0.820. The first-order chi connectivity index (χ1) is 5.57. The van der Waals surface area contributed by atoms with Gasteiger partial charge in [-0.25, -0.2) is 0 Å². The lowest BCUT2D eigenvalue weighted by molar-refractivity contribution is 1.01. The maximum atomic E-state index is 5.69. The van der Waals surface area contributed by atoms with Gasteiger partial charge in [0.25, 0.3) is 0 Å². The van der Waals surface area contributed by atoms with Crippen LogP contribution in [-0.4, -0.2) is 0 Å². The highest BCUT2D eigenvalue weighted by Gasteiger charge is 2.05. The Bertz CT molecular complexity index is 274. The van der Waals surface area contributed by atoms with Crippen LogP contribution in [0.3, 0.4) is 0 Å². The Morgan fingerprint density at radius 2 is 1.42 bits per heavy atom. The number of nitrogens with two attached hydrogens (primary N) is 1. The van der Waals surface area contributed by atoms with Gasteiger partial charge >= 0.3 is 0 Å². The van der Waals surface area contributed by atoms with Crippen LogP contribution in [0.1, 0.15) is 27.8 Å². The van der Waals surface area contributed by atoms with Gasteiger partial charge in [0.1, 0.15) is 0 Å². The summed E-state index contributed by atoms with van der Waals surface area (Å²) in [6.07, 6.45) is 0. The highest BCUT2D eigenvalue weighted by atomic mass is 14.5. The minimum atomic E-state index is 0.653. The topological polar surface area (TPSA) is 26.0 Å². The molecule has 1 aromatic carbocycles. The fraction of sp³-hybridized carbons (Fsp3) is 0.455. The first-order valence-corrected chi connectivity index (χ1v) is 4.34. The van der Waals surface area contributed by atoms with E-state index >= 15 is 0 Å². The van der Waals surface area contributed by atoms with Crippen molar-refractivity contribution in [2.75, 3.05) is 0 Å². The first-order valence-electron chi connectivity index (χ1n) is 4.34. The van der Waals surface area contributed by atoms with Gasteiger partial charge in [-0.2, -0.15) is 0 Å². The molecule has 66 valence electrons. The second kappa shape index (κ2) is 3.28. The molecule has 0 aromatic heterocycles. The summed E-state index contributed by atoms with van der Waals surface area (Å²) in [4.78, 5) is 0. The van der Waals surface area contributed by atoms with Crippen LogP contribution in [-0.2, 0) is 6.54 Å². The molecule has 0 aliphatic heterocycles. The summed E-state index contributed by atoms with van der Waals surface area (Å²) >= 11 is 0. The molecule has 0 unspecified atom stereocenters. The third-order valence-electron chi connectivity index (χ3n) is 2.73. The number of hydrogen-bond donors (Lipinski definition) is 1. The van der Waals surface area contributed by atoms with Gasteiger partial charge in [0.05, 0.1) is 0 Å². The van der Waals surface area contributed by atoms with Crippen LogP contribution in [0.5, 0.6) is 0 Å². The Balaban J connectivity index is 3.42. The molecule has 0 saturated carbocycles. The molecule has 0 aliphatic rings. The van der Waals surface area contributed by atoms with Crippen molar-refractivity contribution >= 4 is 0 Å². The predicted octanol–water partition coefficient (Wildman–Crippen LogP) is 2.38. The third-order valence-corrected chi connectivity index (χ3v) is 2.73. The third kappa shape index (κ3) is 1.37. The molecule has 1 heteroatoms. The lowest BCUT2D eigenvalue weighted by atomic mass is 9.94. The lowest BCUT2D eigenvalue weighted by Crippen LogP contribution is -2.04. The molecular weight excluding hydrogens is 146 g/mol. The molecule has 0 saturated heterocycles. The fourth-order valence-corrected chi connectivity index (χ4v) is 1.60. The quantitative estimate of drug-likeness (QED) is 0.676. The highest BCUT2D eigenvalue weighted by molar-refractivity contribution is 5.43. The van der Waals surface area contributed by atoms with E-state index < -0.39 is 0 Å². The molecule has 0 aliphatic carbocycles. The van der Waals surface area contributed by atoms with Crippen molar-refractivity contribution < 1.29 is 0 Å². The van der Waals surface area contributed by atoms with Crippen LogP contribution < -0.4 is 5.73 Å². The second-order valence-electron chi connectivity index (χ2n) is 3.44. The largest absolute Gasteiger partial charge is 0.326 e. The van der Waals surface area contributed by atoms with Crippen LogP contribution in [0.25, 0.3) is 0 Å². The zero-order chi connectivity index (χ0) is 9.30. The molecule has 0 fully saturated rings. The van der Waals surface area contributed by atoms with Crippen LogP contribution >= 0.6 is 0 Å². The molecule has 1 aromatic rings. The van der Waals surface area contributed by atoms with E-state index in [0.717, 1.165) is 0 Å². The van der Waals surface area contributed by atoms with Gasteiger partial charge in [0.2, 0.25) is 0 Å². The summed E-state index contributed by atoms with van der Waals surface area (Å²) in [6.45, 7) is 9.22. The average molecular weight is 163 g/mol. The van der Waals surface area contributed by atoms with E-state index in [4.69, 9.17) is 5.73 Å². The summed E-state index contributed by atoms with van der Waals surface area (Å²) in [6, 6.07) is 2.23. The van der Waals surface area contributed by atoms with Crippen molar-refractivity contribution in [1.82, 2.24) is 0 Å². The Morgan fingerprint density at radius 1 is 1.00 bits per heavy atom. The zero-order valence-electron chi connectivity index (χ0n) is 8.36. The molecule has 0 atom stereocenters. The maximum absolute atomic E-state index is 5.69. The Kier molecular flexibility index (Phi) is 2.53. The average Bonchev–Trinajstić information content (AvgIpc) is 2.02. The summed E-state index contributed by atoms with van der Waals surface area (Å²) in [5.41, 5.74) is 12.4. The second-order valence-corrected chi connectivity index (χ2v) is 3.44.